The molecule has 7 aromatic carbocycles. The molecule has 7 aliphatic rings. The first kappa shape index (κ1) is 90.7. The first-order valence-electron chi connectivity index (χ1n) is 39.4. The van der Waals surface area contributed by atoms with E-state index in [0.29, 0.717) is 22.5 Å². The number of aromatic hydroxyl groups is 3. The molecule has 37 heteroatoms. The van der Waals surface area contributed by atoms with E-state index < -0.39 is 220 Å². The Morgan fingerprint density at radius 1 is 0.672 bits per heavy atom. The number of carbonyl (C=O) groups is 8. The summed E-state index contributed by atoms with van der Waals surface area (Å²) in [6.45, 7) is 6.76. The van der Waals surface area contributed by atoms with Crippen LogP contribution in [-0.4, -0.2) is 224 Å². The van der Waals surface area contributed by atoms with Crippen molar-refractivity contribution in [2.75, 3.05) is 47.9 Å². The quantitative estimate of drug-likeness (QED) is 0.0350. The Balaban J connectivity index is 1.04. The maximum atomic E-state index is 16.4. The predicted molar refractivity (Wildman–Crippen MR) is 442 cm³/mol. The molecule has 0 spiro atoms. The summed E-state index contributed by atoms with van der Waals surface area (Å²) in [5, 5.41) is 131. The summed E-state index contributed by atoms with van der Waals surface area (Å²) in [6, 6.07) is 15.6. The third-order valence-electron chi connectivity index (χ3n) is 21.9. The van der Waals surface area contributed by atoms with Crippen molar-refractivity contribution >= 4 is 82.1 Å². The molecular formula is C85H99Cl3N11O23+. The third kappa shape index (κ3) is 20.7. The fraction of sp³-hybridized carbons (Fsp3) is 0.412. The summed E-state index contributed by atoms with van der Waals surface area (Å²) in [7, 11) is 7.25. The van der Waals surface area contributed by atoms with Crippen LogP contribution in [0.3, 0.4) is 0 Å². The highest BCUT2D eigenvalue weighted by Gasteiger charge is 2.52. The molecule has 34 nitrogen and oxygen atoms in total. The first-order valence-corrected chi connectivity index (χ1v) is 40.5. The molecule has 0 radical (unpaired) electrons. The molecular weight excluding hydrogens is 1650 g/mol. The molecule has 2 fully saturated rings. The lowest BCUT2D eigenvalue weighted by molar-refractivity contribution is -0.870. The highest BCUT2D eigenvalue weighted by molar-refractivity contribution is 6.32. The van der Waals surface area contributed by atoms with Crippen LogP contribution in [0.1, 0.15) is 117 Å². The second-order valence-electron chi connectivity index (χ2n) is 32.5. The fourth-order valence-corrected chi connectivity index (χ4v) is 15.9. The molecule has 5 unspecified atom stereocenters. The van der Waals surface area contributed by atoms with Crippen molar-refractivity contribution < 1.29 is 117 Å². The molecule has 2 saturated heterocycles. The van der Waals surface area contributed by atoms with Gasteiger partial charge >= 0.3 is 0 Å². The Hall–Kier alpha value is -10.5. The van der Waals surface area contributed by atoms with E-state index in [9.17, 15) is 60.3 Å². The number of nitrogens with one attached hydrogen (secondary N) is 9. The van der Waals surface area contributed by atoms with E-state index in [1.165, 1.54) is 31.3 Å². The van der Waals surface area contributed by atoms with Crippen molar-refractivity contribution in [2.24, 2.45) is 11.7 Å². The smallest absolute Gasteiger partial charge is 0.248 e. The predicted octanol–water partition coefficient (Wildman–Crippen LogP) is 4.39. The number of amides is 8. The van der Waals surface area contributed by atoms with Gasteiger partial charge < -0.3 is 132 Å². The van der Waals surface area contributed by atoms with Crippen LogP contribution in [0.25, 0.3) is 22.3 Å². The van der Waals surface area contributed by atoms with Gasteiger partial charge in [-0.1, -0.05) is 103 Å². The van der Waals surface area contributed by atoms with Crippen molar-refractivity contribution in [1.29, 1.82) is 0 Å². The minimum atomic E-state index is -2.35. The number of phenolic OH excluding ortho intramolecular Hbond substituents is 3. The van der Waals surface area contributed by atoms with Gasteiger partial charge in [-0.05, 0) is 144 Å². The van der Waals surface area contributed by atoms with Crippen LogP contribution in [0, 0.1) is 5.92 Å². The van der Waals surface area contributed by atoms with E-state index in [0.717, 1.165) is 71.3 Å². The van der Waals surface area contributed by atoms with Crippen LogP contribution in [0.2, 0.25) is 15.1 Å². The minimum Gasteiger partial charge on any atom is -0.508 e. The molecule has 18 atom stereocenters. The van der Waals surface area contributed by atoms with Gasteiger partial charge in [-0.25, -0.2) is 0 Å². The number of primary amides is 1. The lowest BCUT2D eigenvalue weighted by atomic mass is 9.84. The van der Waals surface area contributed by atoms with Crippen molar-refractivity contribution in [3.05, 3.63) is 176 Å². The number of aliphatic hydroxyl groups is 6. The molecule has 14 rings (SSSR count). The summed E-state index contributed by atoms with van der Waals surface area (Å²) < 4.78 is 40.2. The molecule has 0 aromatic heterocycles. The van der Waals surface area contributed by atoms with Gasteiger partial charge in [0.15, 0.2) is 23.9 Å². The van der Waals surface area contributed by atoms with E-state index in [4.69, 9.17) is 69.0 Å². The number of fused-ring (bicyclic) bond motifs is 15. The van der Waals surface area contributed by atoms with Gasteiger partial charge in [-0.2, -0.15) is 0 Å². The number of quaternary nitrogens is 1. The first-order chi connectivity index (χ1) is 57.8. The number of benzene rings is 7. The van der Waals surface area contributed by atoms with E-state index in [-0.39, 0.29) is 76.2 Å². The summed E-state index contributed by atoms with van der Waals surface area (Å²) in [5.41, 5.74) is 4.99. The number of rotatable bonds is 21. The van der Waals surface area contributed by atoms with Crippen molar-refractivity contribution in [3.8, 4) is 68.2 Å². The molecule has 0 aliphatic carbocycles. The van der Waals surface area contributed by atoms with E-state index in [1.54, 1.807) is 26.0 Å². The lowest BCUT2D eigenvalue weighted by Crippen LogP contribution is -2.65. The zero-order valence-electron chi connectivity index (χ0n) is 67.6. The maximum absolute atomic E-state index is 16.4. The summed E-state index contributed by atoms with van der Waals surface area (Å²) in [4.78, 5) is 121. The fourth-order valence-electron chi connectivity index (χ4n) is 15.3. The Labute approximate surface area is 716 Å². The van der Waals surface area contributed by atoms with Crippen molar-refractivity contribution in [1.82, 2.24) is 47.9 Å². The van der Waals surface area contributed by atoms with Gasteiger partial charge in [0.05, 0.1) is 69.0 Å². The molecule has 122 heavy (non-hydrogen) atoms. The second kappa shape index (κ2) is 38.1. The van der Waals surface area contributed by atoms with Crippen LogP contribution in [-0.2, 0) is 59.1 Å². The third-order valence-corrected chi connectivity index (χ3v) is 22.7. The van der Waals surface area contributed by atoms with Gasteiger partial charge in [0.25, 0.3) is 0 Å². The zero-order chi connectivity index (χ0) is 88.2. The van der Waals surface area contributed by atoms with E-state index in [2.05, 4.69) is 47.9 Å². The average molecular weight is 1750 g/mol. The lowest BCUT2D eigenvalue weighted by Gasteiger charge is -2.48. The summed E-state index contributed by atoms with van der Waals surface area (Å²) >= 11 is 20.6. The Morgan fingerprint density at radius 2 is 1.28 bits per heavy atom. The summed E-state index contributed by atoms with van der Waals surface area (Å²) in [5.74, 6) is -14.5. The van der Waals surface area contributed by atoms with Gasteiger partial charge in [-0.15, -0.1) is 0 Å². The number of halogens is 3. The Kier molecular flexibility index (Phi) is 28.3. The second-order valence-corrected chi connectivity index (χ2v) is 33.8. The zero-order valence-corrected chi connectivity index (χ0v) is 69.8. The van der Waals surface area contributed by atoms with Crippen LogP contribution < -0.4 is 67.8 Å². The summed E-state index contributed by atoms with van der Waals surface area (Å²) in [6.07, 6.45) is -18.1. The molecule has 0 saturated carbocycles. The molecule has 7 heterocycles. The van der Waals surface area contributed by atoms with Crippen LogP contribution in [0.15, 0.2) is 127 Å². The molecule has 652 valence electrons. The molecule has 7 aromatic rings. The number of likely N-dealkylation sites (N-methyl/N-ethyl adjacent to an activating group) is 1. The minimum absolute atomic E-state index is 0.0144. The number of ether oxygens (including phenoxy) is 6. The number of hydrogen-bond acceptors (Lipinski definition) is 25. The monoisotopic (exact) mass is 1750 g/mol. The highest BCUT2D eigenvalue weighted by Crippen LogP contribution is 2.50. The number of nitrogens with two attached hydrogens (primary N) is 1. The highest BCUT2D eigenvalue weighted by atomic mass is 35.5. The molecule has 20 N–H and O–H groups in total. The number of aliphatic hydroxyl groups excluding tert-OH is 6. The largest absolute Gasteiger partial charge is 0.508 e. The normalized spacial score (nSPS) is 26.5. The van der Waals surface area contributed by atoms with Crippen molar-refractivity contribution in [3.63, 3.8) is 0 Å². The Morgan fingerprint density at radius 3 is 1.89 bits per heavy atom. The molecule has 11 bridgehead atoms. The number of nitrogens with zero attached hydrogens (tertiary/aromatic N) is 1. The Bertz CT molecular complexity index is 5090. The van der Waals surface area contributed by atoms with Gasteiger partial charge in [0.2, 0.25) is 59.3 Å². The van der Waals surface area contributed by atoms with Crippen LogP contribution in [0.4, 0.5) is 0 Å². The van der Waals surface area contributed by atoms with E-state index in [1.807, 2.05) is 71.4 Å². The number of hydrogen-bond donors (Lipinski definition) is 19. The van der Waals surface area contributed by atoms with Crippen molar-refractivity contribution in [2.45, 2.75) is 169 Å². The van der Waals surface area contributed by atoms with Gasteiger partial charge in [-0.3, -0.25) is 38.4 Å². The van der Waals surface area contributed by atoms with Crippen LogP contribution in [0.5, 0.6) is 46.0 Å². The number of carbonyl (C=O) groups excluding carboxylic acids is 8. The topological polar surface area (TPSA) is 508 Å². The molecule has 8 amide bonds. The average Bonchev–Trinajstić information content (AvgIpc) is 0.764. The van der Waals surface area contributed by atoms with Crippen LogP contribution >= 0.6 is 34.8 Å². The standard InChI is InChI=1S/C85H98Cl3N11O23/c1-38(2)26-53(90-5)77(110)97-68-70(105)44-17-22-57(51(87)28-44)118-59-30-46-31-60(74(59)122-84-75(73(108)72(107)61(37-100)120-84)121-63-35-85(4,76(109)39(3)117-63)92-36-40-10-12-41(13-11-40)42-14-19-47(86)20-15-42)119-58-23-18-45(29-52(58)88)71(106)69-83(116)96-67(79(112)91-24-9-25-99(6,7)8)50-32-48(101)33-56(103)64(50)49-27-43(16-21-55(49)102)65(80(113)98-69)95-81(114)66(46)94-78(111)54(34-62(89)104)93-82(68)115/h10-23,27-33,38-39,53-54,61,63,65-73,75-76,84,90,92,100,105-109H,9,24-26,34-37H2,1-8H3,(H11-,89,91,93,94,95,96,97,98,101,102,103,104,110,111,112,113,114,115,116)/p+1/t39?,53-,54+,61?,63+,65-,66-,67+,68-,69+,70-,71-,72?,73+,75?,76-,84-,85?/m1/s1. The number of phenols is 3. The van der Waals surface area contributed by atoms with Gasteiger partial charge in [0, 0.05) is 53.7 Å². The van der Waals surface area contributed by atoms with E-state index >= 15 is 24.0 Å². The maximum Gasteiger partial charge on any atom is 0.248 e. The SMILES string of the molecule is CN[C@H](CC(C)C)C(=O)N[C@H]1C(=O)N[C@@H](CC(N)=O)C(=O)N[C@H]2C(=O)N[C@H]3C(=O)N[C@H](C(=O)N[C@H](C(=O)NCCC[N+](C)(C)C)c4cc(O)cc(O)c4-c4cc3ccc4O)[C@H](O)c3ccc(c(Cl)c3)Oc3cc2cc(c3O[C@H]2OC(CO)C(O)[C@H](O)C2O[C@H]2CC(C)(NCc3ccc(-c4ccc(Cl)cc4)cc3)[C@H](O)C(C)O2)Oc2ccc(cc2Cl)[C@H]1O. The molecule has 7 aliphatic heterocycles. The van der Waals surface area contributed by atoms with Gasteiger partial charge in [0.1, 0.15) is 95.5 Å².